The fraction of sp³-hybridized carbons (Fsp3) is 0.533. The third-order valence-corrected chi connectivity index (χ3v) is 7.22. The lowest BCUT2D eigenvalue weighted by Crippen LogP contribution is -2.37. The lowest BCUT2D eigenvalue weighted by molar-refractivity contribution is -0.137. The Morgan fingerprint density at radius 1 is 1.17 bits per heavy atom. The number of amides is 2. The number of aromatic hydroxyl groups is 2. The Morgan fingerprint density at radius 2 is 1.93 bits per heavy atom. The molecule has 3 N–H and O–H groups in total. The molecule has 0 spiro atoms. The van der Waals surface area contributed by atoms with Crippen molar-refractivity contribution in [2.75, 3.05) is 32.8 Å². The lowest BCUT2D eigenvalue weighted by atomic mass is 9.99. The topological polar surface area (TPSA) is 147 Å². The highest BCUT2D eigenvalue weighted by Gasteiger charge is 2.26. The number of hydrogen-bond donors (Lipinski definition) is 3. The number of phenols is 2. The maximum atomic E-state index is 13.1. The maximum Gasteiger partial charge on any atom is 0.342 e. The predicted molar refractivity (Wildman–Crippen MR) is 158 cm³/mol. The molecule has 11 nitrogen and oxygen atoms in total. The van der Waals surface area contributed by atoms with E-state index in [1.807, 2.05) is 18.2 Å². The molecule has 12 heteroatoms. The molecule has 1 saturated heterocycles. The number of oxime groups is 1. The monoisotopic (exact) mass is 605 g/mol. The Morgan fingerprint density at radius 3 is 2.67 bits per heavy atom. The normalized spacial score (nSPS) is 20.9. The number of allylic oxidation sites excluding steroid dienone is 1. The van der Waals surface area contributed by atoms with Gasteiger partial charge in [0.25, 0.3) is 5.91 Å². The fourth-order valence-electron chi connectivity index (χ4n) is 4.61. The van der Waals surface area contributed by atoms with Crippen molar-refractivity contribution in [1.29, 1.82) is 0 Å². The Labute approximate surface area is 251 Å². The summed E-state index contributed by atoms with van der Waals surface area (Å²) in [5, 5.41) is 27.6. The van der Waals surface area contributed by atoms with Crippen molar-refractivity contribution < 1.29 is 38.9 Å². The average molecular weight is 606 g/mol. The smallest absolute Gasteiger partial charge is 0.342 e. The highest BCUT2D eigenvalue weighted by molar-refractivity contribution is 6.33. The van der Waals surface area contributed by atoms with Crippen molar-refractivity contribution >= 4 is 35.1 Å². The van der Waals surface area contributed by atoms with E-state index in [-0.39, 0.29) is 47.1 Å². The highest BCUT2D eigenvalue weighted by atomic mass is 35.5. The second kappa shape index (κ2) is 16.8. The summed E-state index contributed by atoms with van der Waals surface area (Å²) in [4.78, 5) is 44.0. The molecule has 1 fully saturated rings. The van der Waals surface area contributed by atoms with Gasteiger partial charge in [0.1, 0.15) is 23.2 Å². The molecule has 42 heavy (non-hydrogen) atoms. The summed E-state index contributed by atoms with van der Waals surface area (Å²) >= 11 is 6.41. The van der Waals surface area contributed by atoms with Crippen molar-refractivity contribution in [2.45, 2.75) is 71.0 Å². The number of rotatable bonds is 8. The van der Waals surface area contributed by atoms with Crippen LogP contribution in [0.1, 0.15) is 68.3 Å². The molecule has 0 bridgehead atoms. The Bertz CT molecular complexity index is 1190. The van der Waals surface area contributed by atoms with Gasteiger partial charge in [-0.2, -0.15) is 0 Å². The van der Waals surface area contributed by atoms with Gasteiger partial charge < -0.3 is 34.7 Å². The van der Waals surface area contributed by atoms with Gasteiger partial charge in [-0.05, 0) is 50.7 Å². The summed E-state index contributed by atoms with van der Waals surface area (Å²) in [6.07, 6.45) is 10.7. The molecule has 1 aromatic carbocycles. The van der Waals surface area contributed by atoms with Gasteiger partial charge in [-0.3, -0.25) is 9.59 Å². The largest absolute Gasteiger partial charge is 0.507 e. The average Bonchev–Trinajstić information content (AvgIpc) is 2.94. The Hall–Kier alpha value is -3.57. The van der Waals surface area contributed by atoms with Crippen molar-refractivity contribution in [3.05, 3.63) is 46.5 Å². The number of ether oxygens (including phenoxy) is 2. The van der Waals surface area contributed by atoms with E-state index in [0.29, 0.717) is 51.2 Å². The molecule has 0 radical (unpaired) electrons. The summed E-state index contributed by atoms with van der Waals surface area (Å²) in [7, 11) is 0. The molecule has 230 valence electrons. The zero-order chi connectivity index (χ0) is 30.5. The van der Waals surface area contributed by atoms with Crippen molar-refractivity contribution in [2.24, 2.45) is 5.16 Å². The van der Waals surface area contributed by atoms with Gasteiger partial charge >= 0.3 is 5.97 Å². The number of benzene rings is 1. The Kier molecular flexibility index (Phi) is 13.1. The van der Waals surface area contributed by atoms with Gasteiger partial charge in [-0.1, -0.05) is 35.0 Å². The summed E-state index contributed by atoms with van der Waals surface area (Å²) in [6.45, 7) is 5.19. The van der Waals surface area contributed by atoms with Crippen molar-refractivity contribution in [3.8, 4) is 11.5 Å². The summed E-state index contributed by atoms with van der Waals surface area (Å²) < 4.78 is 11.6. The molecule has 0 aliphatic carbocycles. The molecule has 2 unspecified atom stereocenters. The molecule has 2 aliphatic rings. The first-order valence-electron chi connectivity index (χ1n) is 14.3. The third-order valence-electron chi connectivity index (χ3n) is 6.79. The van der Waals surface area contributed by atoms with Crippen LogP contribution in [0.4, 0.5) is 0 Å². The van der Waals surface area contributed by atoms with Crippen molar-refractivity contribution in [1.82, 2.24) is 10.2 Å². The van der Waals surface area contributed by atoms with E-state index in [1.165, 1.54) is 6.92 Å². The molecule has 0 aromatic heterocycles. The minimum Gasteiger partial charge on any atom is -0.507 e. The first-order valence-corrected chi connectivity index (χ1v) is 14.6. The van der Waals surface area contributed by atoms with Crippen LogP contribution in [0.15, 0.2) is 35.5 Å². The zero-order valence-corrected chi connectivity index (χ0v) is 24.9. The van der Waals surface area contributed by atoms with Crippen LogP contribution >= 0.6 is 11.6 Å². The van der Waals surface area contributed by atoms with Crippen molar-refractivity contribution in [3.63, 3.8) is 0 Å². The Balaban J connectivity index is 1.86. The van der Waals surface area contributed by atoms with E-state index in [2.05, 4.69) is 10.5 Å². The van der Waals surface area contributed by atoms with Crippen LogP contribution in [0.25, 0.3) is 0 Å². The molecule has 2 atom stereocenters. The number of phenolic OH excluding ortho intramolecular Hbond substituents is 2. The molecule has 1 aromatic rings. The van der Waals surface area contributed by atoms with Gasteiger partial charge in [-0.15, -0.1) is 0 Å². The van der Waals surface area contributed by atoms with Gasteiger partial charge in [0, 0.05) is 52.1 Å². The van der Waals surface area contributed by atoms with E-state index in [9.17, 15) is 24.6 Å². The van der Waals surface area contributed by atoms with E-state index in [4.69, 9.17) is 25.9 Å². The third kappa shape index (κ3) is 10.4. The standard InChI is InChI=1S/C30H40ClN3O8/c1-20-9-6-11-23(40-16-8-13-32-21(2)35)12-7-10-22(33-41-19-27(38)34-14-4-3-5-15-34)17-24-28(30(39)42-20)25(36)18-26(37)29(24)31/h6-7,10-11,18,20,23,36-37H,3-5,8-9,12-17,19H2,1-2H3,(H,32,35). The summed E-state index contributed by atoms with van der Waals surface area (Å²) in [5.74, 6) is -1.97. The number of carbonyl (C=O) groups is 3. The van der Waals surface area contributed by atoms with Crippen LogP contribution in [0.5, 0.6) is 11.5 Å². The van der Waals surface area contributed by atoms with Crippen LogP contribution in [0.2, 0.25) is 5.02 Å². The van der Waals surface area contributed by atoms with Crippen LogP contribution < -0.4 is 5.32 Å². The van der Waals surface area contributed by atoms with Gasteiger partial charge in [0.05, 0.1) is 16.8 Å². The highest BCUT2D eigenvalue weighted by Crippen LogP contribution is 2.37. The quantitative estimate of drug-likeness (QED) is 0.174. The number of cyclic esters (lactones) is 1. The molecule has 3 rings (SSSR count). The van der Waals surface area contributed by atoms with E-state index >= 15 is 0 Å². The predicted octanol–water partition coefficient (Wildman–Crippen LogP) is 4.04. The lowest BCUT2D eigenvalue weighted by Gasteiger charge is -2.26. The van der Waals surface area contributed by atoms with Crippen LogP contribution in [-0.4, -0.2) is 83.7 Å². The van der Waals surface area contributed by atoms with Gasteiger partial charge in [-0.25, -0.2) is 4.79 Å². The number of piperidine rings is 1. The zero-order valence-electron chi connectivity index (χ0n) is 24.1. The second-order valence-corrected chi connectivity index (χ2v) is 10.7. The van der Waals surface area contributed by atoms with Crippen LogP contribution in [0.3, 0.4) is 0 Å². The number of esters is 1. The molecule has 2 amide bonds. The minimum atomic E-state index is -0.808. The molecule has 0 saturated carbocycles. The SMILES string of the molecule is CC(=O)NCCCOC1C=CCC(C)OC(=O)c2c(O)cc(O)c(Cl)c2CC(=NOCC(=O)N2CCCCC2)C=CC1. The van der Waals surface area contributed by atoms with Gasteiger partial charge in [0.15, 0.2) is 6.61 Å². The summed E-state index contributed by atoms with van der Waals surface area (Å²) in [5.41, 5.74) is 0.219. The molecule has 2 aliphatic heterocycles. The first-order chi connectivity index (χ1) is 20.2. The summed E-state index contributed by atoms with van der Waals surface area (Å²) in [6, 6.07) is 0.991. The van der Waals surface area contributed by atoms with E-state index in [1.54, 1.807) is 17.9 Å². The van der Waals surface area contributed by atoms with Gasteiger partial charge in [0.2, 0.25) is 5.91 Å². The second-order valence-electron chi connectivity index (χ2n) is 10.3. The number of halogens is 1. The van der Waals surface area contributed by atoms with Crippen LogP contribution in [-0.2, 0) is 30.3 Å². The maximum absolute atomic E-state index is 13.1. The number of nitrogens with one attached hydrogen (secondary N) is 1. The molecular formula is C30H40ClN3O8. The van der Waals surface area contributed by atoms with E-state index in [0.717, 1.165) is 25.3 Å². The molecule has 2 heterocycles. The number of likely N-dealkylation sites (tertiary alicyclic amines) is 1. The number of hydrogen-bond acceptors (Lipinski definition) is 9. The number of nitrogens with zero attached hydrogens (tertiary/aromatic N) is 2. The molecular weight excluding hydrogens is 566 g/mol. The first kappa shape index (κ1) is 32.9. The number of fused-ring (bicyclic) bond motifs is 1. The minimum absolute atomic E-state index is 0.102. The fourth-order valence-corrected chi connectivity index (χ4v) is 4.82. The number of carbonyl (C=O) groups excluding carboxylic acids is 3. The van der Waals surface area contributed by atoms with E-state index < -0.39 is 23.6 Å². The van der Waals surface area contributed by atoms with Crippen LogP contribution in [0, 0.1) is 0 Å².